The maximum Gasteiger partial charge on any atom is 0.243 e. The van der Waals surface area contributed by atoms with Crippen molar-refractivity contribution in [1.82, 2.24) is 5.32 Å². The number of hydrogen-bond donors (Lipinski definition) is 1. The molecule has 4 aliphatic rings. The van der Waals surface area contributed by atoms with Crippen molar-refractivity contribution in [2.45, 2.75) is 58.4 Å². The first-order valence-electron chi connectivity index (χ1n) is 9.05. The van der Waals surface area contributed by atoms with E-state index in [1.54, 1.807) is 6.08 Å². The molecule has 0 aromatic carbocycles. The smallest absolute Gasteiger partial charge is 0.243 e. The molecule has 1 N–H and O–H groups in total. The zero-order valence-corrected chi connectivity index (χ0v) is 14.7. The average molecular weight is 336 g/mol. The van der Waals surface area contributed by atoms with Gasteiger partial charge in [-0.2, -0.15) is 0 Å². The van der Waals surface area contributed by atoms with Gasteiger partial charge in [-0.15, -0.1) is 0 Å². The lowest BCUT2D eigenvalue weighted by molar-refractivity contribution is -0.126. The fourth-order valence-corrected chi connectivity index (χ4v) is 7.06. The molecule has 0 aromatic heterocycles. The van der Waals surface area contributed by atoms with Gasteiger partial charge in [0.05, 0.1) is 0 Å². The predicted octanol–water partition coefficient (Wildman–Crippen LogP) is 3.67. The summed E-state index contributed by atoms with van der Waals surface area (Å²) in [4.78, 5) is 23.6. The van der Waals surface area contributed by atoms with E-state index in [0.717, 1.165) is 32.1 Å². The minimum absolute atomic E-state index is 0.0437. The zero-order valence-electron chi connectivity index (χ0n) is 14.0. The van der Waals surface area contributed by atoms with Gasteiger partial charge in [0, 0.05) is 17.4 Å². The molecule has 4 heteroatoms. The van der Waals surface area contributed by atoms with Gasteiger partial charge in [-0.25, -0.2) is 0 Å². The van der Waals surface area contributed by atoms with Crippen LogP contribution in [0.15, 0.2) is 12.2 Å². The molecule has 7 atom stereocenters. The summed E-state index contributed by atoms with van der Waals surface area (Å²) in [6.45, 7) is 4.63. The lowest BCUT2D eigenvalue weighted by atomic mass is 9.48. The van der Waals surface area contributed by atoms with Crippen LogP contribution in [0.5, 0.6) is 0 Å². The Kier molecular flexibility index (Phi) is 3.46. The highest BCUT2D eigenvalue weighted by molar-refractivity contribution is 6.64. The Balaban J connectivity index is 1.66. The molecule has 4 rings (SSSR count). The molecule has 1 amide bonds. The molecular formula is C19H26ClNO2. The lowest BCUT2D eigenvalue weighted by Gasteiger charge is -2.58. The summed E-state index contributed by atoms with van der Waals surface area (Å²) in [5, 5.41) is 3.06. The van der Waals surface area contributed by atoms with E-state index in [4.69, 9.17) is 11.6 Å². The largest absolute Gasteiger partial charge is 0.349 e. The lowest BCUT2D eigenvalue weighted by Crippen LogP contribution is -2.59. The van der Waals surface area contributed by atoms with Gasteiger partial charge in [-0.3, -0.25) is 9.59 Å². The van der Waals surface area contributed by atoms with Gasteiger partial charge in [0.25, 0.3) is 0 Å². The number of halogens is 1. The second kappa shape index (κ2) is 5.08. The van der Waals surface area contributed by atoms with Crippen LogP contribution < -0.4 is 5.32 Å². The first-order valence-corrected chi connectivity index (χ1v) is 9.43. The van der Waals surface area contributed by atoms with Crippen LogP contribution in [-0.2, 0) is 9.59 Å². The standard InChI is InChI=1S/C19H26ClNO2/c1-18-9-7-13-11(12(18)4-5-14(18)17(20)23)3-6-15-19(13,2)10-8-16(22)21-15/h8,10-15H,3-7,9H2,1-2H3,(H,21,22)/t11-,12-,13-,14+,15+,18-,19+/m0/s1. The molecular weight excluding hydrogens is 310 g/mol. The summed E-state index contributed by atoms with van der Waals surface area (Å²) in [7, 11) is 0. The van der Waals surface area contributed by atoms with Crippen molar-refractivity contribution >= 4 is 22.8 Å². The van der Waals surface area contributed by atoms with Crippen LogP contribution in [-0.4, -0.2) is 17.2 Å². The van der Waals surface area contributed by atoms with E-state index in [9.17, 15) is 9.59 Å². The van der Waals surface area contributed by atoms with E-state index in [2.05, 4.69) is 25.2 Å². The Morgan fingerprint density at radius 2 is 1.96 bits per heavy atom. The van der Waals surface area contributed by atoms with Gasteiger partial charge in [0.15, 0.2) is 0 Å². The average Bonchev–Trinajstić information content (AvgIpc) is 2.85. The molecule has 1 aliphatic heterocycles. The van der Waals surface area contributed by atoms with Gasteiger partial charge in [0.2, 0.25) is 11.1 Å². The van der Waals surface area contributed by atoms with E-state index < -0.39 is 0 Å². The summed E-state index contributed by atoms with van der Waals surface area (Å²) in [5.74, 6) is 1.98. The van der Waals surface area contributed by atoms with Crippen molar-refractivity contribution in [3.8, 4) is 0 Å². The first-order chi connectivity index (χ1) is 10.9. The van der Waals surface area contributed by atoms with Gasteiger partial charge >= 0.3 is 0 Å². The van der Waals surface area contributed by atoms with Gasteiger partial charge in [-0.05, 0) is 79.4 Å². The van der Waals surface area contributed by atoms with Crippen LogP contribution in [0.4, 0.5) is 0 Å². The van der Waals surface area contributed by atoms with E-state index >= 15 is 0 Å². The van der Waals surface area contributed by atoms with Crippen molar-refractivity contribution in [2.24, 2.45) is 34.5 Å². The van der Waals surface area contributed by atoms with E-state index in [-0.39, 0.29) is 33.9 Å². The third kappa shape index (κ3) is 2.08. The van der Waals surface area contributed by atoms with Gasteiger partial charge in [-0.1, -0.05) is 19.9 Å². The minimum atomic E-state index is -0.127. The topological polar surface area (TPSA) is 46.2 Å². The number of rotatable bonds is 1. The van der Waals surface area contributed by atoms with Crippen molar-refractivity contribution in [3.05, 3.63) is 12.2 Å². The second-order valence-electron chi connectivity index (χ2n) is 8.69. The molecule has 3 fully saturated rings. The third-order valence-electron chi connectivity index (χ3n) is 7.96. The van der Waals surface area contributed by atoms with Crippen LogP contribution in [0.2, 0.25) is 0 Å². The van der Waals surface area contributed by atoms with Gasteiger partial charge in [0.1, 0.15) is 0 Å². The number of carbonyl (C=O) groups excluding carboxylic acids is 2. The number of nitrogens with one attached hydrogen (secondary N) is 1. The number of amides is 1. The van der Waals surface area contributed by atoms with Crippen LogP contribution in [0, 0.1) is 34.5 Å². The Bertz CT molecular complexity index is 588. The molecule has 23 heavy (non-hydrogen) atoms. The molecule has 0 radical (unpaired) electrons. The van der Waals surface area contributed by atoms with Crippen molar-refractivity contribution in [1.29, 1.82) is 0 Å². The highest BCUT2D eigenvalue weighted by atomic mass is 35.5. The molecule has 126 valence electrons. The van der Waals surface area contributed by atoms with E-state index in [0.29, 0.717) is 17.8 Å². The number of carbonyl (C=O) groups is 2. The number of hydrogen-bond acceptors (Lipinski definition) is 2. The van der Waals surface area contributed by atoms with Crippen LogP contribution >= 0.6 is 11.6 Å². The summed E-state index contributed by atoms with van der Waals surface area (Å²) in [6, 6.07) is 0.275. The summed E-state index contributed by atoms with van der Waals surface area (Å²) in [5.41, 5.74) is 0.159. The molecule has 0 bridgehead atoms. The molecule has 3 saturated carbocycles. The van der Waals surface area contributed by atoms with Crippen LogP contribution in [0.1, 0.15) is 52.4 Å². The van der Waals surface area contributed by atoms with Crippen molar-refractivity contribution in [3.63, 3.8) is 0 Å². The molecule has 0 aromatic rings. The van der Waals surface area contributed by atoms with Crippen molar-refractivity contribution in [2.75, 3.05) is 0 Å². The maximum absolute atomic E-state index is 11.9. The van der Waals surface area contributed by atoms with E-state index in [1.807, 2.05) is 0 Å². The summed E-state index contributed by atoms with van der Waals surface area (Å²) in [6.07, 6.45) is 10.5. The zero-order chi connectivity index (χ0) is 16.4. The minimum Gasteiger partial charge on any atom is -0.349 e. The van der Waals surface area contributed by atoms with Crippen LogP contribution in [0.25, 0.3) is 0 Å². The Morgan fingerprint density at radius 3 is 2.70 bits per heavy atom. The second-order valence-corrected chi connectivity index (χ2v) is 9.07. The monoisotopic (exact) mass is 335 g/mol. The van der Waals surface area contributed by atoms with E-state index in [1.165, 1.54) is 6.42 Å². The first kappa shape index (κ1) is 15.7. The molecule has 0 unspecified atom stereocenters. The fraction of sp³-hybridized carbons (Fsp3) is 0.789. The molecule has 0 saturated heterocycles. The summed E-state index contributed by atoms with van der Waals surface area (Å²) < 4.78 is 0. The highest BCUT2D eigenvalue weighted by Gasteiger charge is 2.60. The predicted molar refractivity (Wildman–Crippen MR) is 89.8 cm³/mol. The Labute approximate surface area is 143 Å². The maximum atomic E-state index is 11.9. The molecule has 3 aliphatic carbocycles. The quantitative estimate of drug-likeness (QED) is 0.743. The van der Waals surface area contributed by atoms with Crippen LogP contribution in [0.3, 0.4) is 0 Å². The number of fused-ring (bicyclic) bond motifs is 5. The van der Waals surface area contributed by atoms with Crippen molar-refractivity contribution < 1.29 is 9.59 Å². The SMILES string of the molecule is C[C@]12C=CC(=O)N[C@@H]1CC[C@@H]1[C@@H]2CC[C@]2(C)[C@@H](C(=O)Cl)CC[C@@H]12. The molecule has 0 spiro atoms. The highest BCUT2D eigenvalue weighted by Crippen LogP contribution is 2.65. The normalized spacial score (nSPS) is 51.4. The fourth-order valence-electron chi connectivity index (χ4n) is 6.71. The van der Waals surface area contributed by atoms with Gasteiger partial charge < -0.3 is 5.32 Å². The summed E-state index contributed by atoms with van der Waals surface area (Å²) >= 11 is 5.93. The molecule has 1 heterocycles. The molecule has 3 nitrogen and oxygen atoms in total. The third-order valence-corrected chi connectivity index (χ3v) is 8.22. The Hall–Kier alpha value is -0.830. The Morgan fingerprint density at radius 1 is 1.17 bits per heavy atom.